The summed E-state index contributed by atoms with van der Waals surface area (Å²) in [5.41, 5.74) is 9.08. The number of nitrogens with two attached hydrogens (primary N) is 1. The van der Waals surface area contributed by atoms with E-state index < -0.39 is 10.0 Å². The fourth-order valence-electron chi connectivity index (χ4n) is 6.15. The molecule has 44 heavy (non-hydrogen) atoms. The number of sulfonamides is 1. The third-order valence-corrected chi connectivity index (χ3v) is 10.5. The van der Waals surface area contributed by atoms with E-state index in [0.717, 1.165) is 87.6 Å². The first-order chi connectivity index (χ1) is 21.1. The number of carbonyl (C=O) groups is 1. The van der Waals surface area contributed by atoms with Gasteiger partial charge in [0.25, 0.3) is 0 Å². The number of likely N-dealkylation sites (tertiary alicyclic amines) is 1. The third kappa shape index (κ3) is 9.47. The lowest BCUT2D eigenvalue weighted by atomic mass is 10.0. The van der Waals surface area contributed by atoms with Crippen molar-refractivity contribution >= 4 is 39.3 Å². The second-order valence-corrected chi connectivity index (χ2v) is 14.5. The maximum Gasteiger partial charge on any atom is 0.314 e. The van der Waals surface area contributed by atoms with Crippen molar-refractivity contribution in [3.05, 3.63) is 57.1 Å². The van der Waals surface area contributed by atoms with Crippen molar-refractivity contribution in [1.29, 1.82) is 0 Å². The van der Waals surface area contributed by atoms with E-state index in [0.29, 0.717) is 35.4 Å². The number of halogens is 2. The number of nitrogens with one attached hydrogen (secondary N) is 3. The van der Waals surface area contributed by atoms with E-state index in [4.69, 9.17) is 33.7 Å². The maximum atomic E-state index is 13.0. The van der Waals surface area contributed by atoms with Gasteiger partial charge in [0, 0.05) is 47.8 Å². The van der Waals surface area contributed by atoms with Gasteiger partial charge in [-0.15, -0.1) is 0 Å². The van der Waals surface area contributed by atoms with E-state index in [1.54, 1.807) is 24.3 Å². The van der Waals surface area contributed by atoms with E-state index in [9.17, 15) is 13.2 Å². The Morgan fingerprint density at radius 3 is 2.48 bits per heavy atom. The van der Waals surface area contributed by atoms with Crippen LogP contribution in [-0.2, 0) is 16.4 Å². The molecule has 0 unspecified atom stereocenters. The van der Waals surface area contributed by atoms with Gasteiger partial charge in [-0.25, -0.2) is 17.9 Å². The predicted octanol–water partition coefficient (Wildman–Crippen LogP) is 5.71. The molecule has 244 valence electrons. The van der Waals surface area contributed by atoms with Crippen LogP contribution in [0, 0.1) is 6.92 Å². The van der Waals surface area contributed by atoms with Crippen molar-refractivity contribution in [2.24, 2.45) is 5.73 Å². The molecule has 1 saturated heterocycles. The van der Waals surface area contributed by atoms with Crippen LogP contribution in [0.2, 0.25) is 10.0 Å². The van der Waals surface area contributed by atoms with E-state index in [-0.39, 0.29) is 29.1 Å². The van der Waals surface area contributed by atoms with Gasteiger partial charge in [0.15, 0.2) is 0 Å². The number of nitrogens with zero attached hydrogens (tertiary/aromatic N) is 1. The van der Waals surface area contributed by atoms with Crippen LogP contribution in [0.5, 0.6) is 5.75 Å². The van der Waals surface area contributed by atoms with Gasteiger partial charge < -0.3 is 21.1 Å². The number of unbranched alkanes of at least 4 members (excludes halogenated alkanes) is 5. The molecule has 2 aliphatic rings. The summed E-state index contributed by atoms with van der Waals surface area (Å²) < 4.78 is 35.5. The Morgan fingerprint density at radius 2 is 1.77 bits per heavy atom. The van der Waals surface area contributed by atoms with Crippen LogP contribution in [0.1, 0.15) is 81.1 Å². The van der Waals surface area contributed by atoms with Crippen LogP contribution in [0.4, 0.5) is 4.79 Å². The number of fused-ring (bicyclic) bond motifs is 1. The van der Waals surface area contributed by atoms with Crippen LogP contribution in [0.3, 0.4) is 0 Å². The molecule has 12 heteroatoms. The molecule has 0 bridgehead atoms. The number of urea groups is 1. The molecule has 2 aromatic carbocycles. The van der Waals surface area contributed by atoms with Crippen molar-refractivity contribution in [3.63, 3.8) is 0 Å². The highest BCUT2D eigenvalue weighted by Gasteiger charge is 2.41. The Hall–Kier alpha value is -2.08. The average Bonchev–Trinajstić information content (AvgIpc) is 3.33. The van der Waals surface area contributed by atoms with Gasteiger partial charge in [0.05, 0.1) is 10.9 Å². The standard InChI is InChI=1S/C32H47Cl2N5O4S/c1-3-36-32(40)37-14-8-6-4-5-7-9-15-38-44(41,42)25-12-13-30(22(2)17-25)43-31-27-18-23(33)19-28(34)26(27)20-29(31)39-16-10-11-24(35)21-39/h12-13,17-19,24,29,31,38H,3-11,14-16,20-21,35H2,1-2H3,(H2,36,37,40)/t24-,29+,31+/m1/s1. The zero-order chi connectivity index (χ0) is 31.7. The monoisotopic (exact) mass is 667 g/mol. The Bertz CT molecular complexity index is 1380. The number of benzene rings is 2. The van der Waals surface area contributed by atoms with Gasteiger partial charge in [0.1, 0.15) is 11.9 Å². The molecule has 1 heterocycles. The van der Waals surface area contributed by atoms with Crippen molar-refractivity contribution < 1.29 is 17.9 Å². The summed E-state index contributed by atoms with van der Waals surface area (Å²) in [7, 11) is -3.65. The molecule has 1 aliphatic heterocycles. The molecule has 0 radical (unpaired) electrons. The van der Waals surface area contributed by atoms with Crippen LogP contribution >= 0.6 is 23.2 Å². The molecule has 1 fully saturated rings. The van der Waals surface area contributed by atoms with E-state index >= 15 is 0 Å². The van der Waals surface area contributed by atoms with Crippen molar-refractivity contribution in [2.45, 2.75) is 94.7 Å². The maximum absolute atomic E-state index is 13.0. The highest BCUT2D eigenvalue weighted by molar-refractivity contribution is 7.89. The molecule has 9 nitrogen and oxygen atoms in total. The molecule has 5 N–H and O–H groups in total. The molecule has 2 aromatic rings. The Morgan fingerprint density at radius 1 is 1.05 bits per heavy atom. The average molecular weight is 669 g/mol. The largest absolute Gasteiger partial charge is 0.484 e. The van der Waals surface area contributed by atoms with E-state index in [1.165, 1.54) is 0 Å². The minimum atomic E-state index is -3.65. The molecule has 0 aromatic heterocycles. The summed E-state index contributed by atoms with van der Waals surface area (Å²) in [6, 6.07) is 8.78. The van der Waals surface area contributed by atoms with Crippen LogP contribution in [0.15, 0.2) is 35.2 Å². The van der Waals surface area contributed by atoms with Crippen molar-refractivity contribution in [2.75, 3.05) is 32.7 Å². The molecule has 3 atom stereocenters. The molecule has 4 rings (SSSR count). The molecule has 1 aliphatic carbocycles. The van der Waals surface area contributed by atoms with Gasteiger partial charge >= 0.3 is 6.03 Å². The minimum absolute atomic E-state index is 0.0563. The number of carbonyl (C=O) groups excluding carboxylic acids is 1. The molecule has 0 saturated carbocycles. The first-order valence-electron chi connectivity index (χ1n) is 15.8. The zero-order valence-corrected chi connectivity index (χ0v) is 28.2. The lowest BCUT2D eigenvalue weighted by molar-refractivity contribution is 0.0589. The first kappa shape index (κ1) is 34.8. The number of rotatable bonds is 15. The highest BCUT2D eigenvalue weighted by Crippen LogP contribution is 2.43. The number of aryl methyl sites for hydroxylation is 1. The first-order valence-corrected chi connectivity index (χ1v) is 18.1. The summed E-state index contributed by atoms with van der Waals surface area (Å²) in [5, 5.41) is 6.74. The Kier molecular flexibility index (Phi) is 13.0. The van der Waals surface area contributed by atoms with Crippen LogP contribution < -0.4 is 25.8 Å². The SMILES string of the molecule is CCNC(=O)NCCCCCCCCNS(=O)(=O)c1ccc(O[C@H]2c3cc(Cl)cc(Cl)c3C[C@@H]2N2CCC[C@@H](N)C2)c(C)c1. The lowest BCUT2D eigenvalue weighted by Gasteiger charge is -2.38. The van der Waals surface area contributed by atoms with Gasteiger partial charge in [0.2, 0.25) is 10.0 Å². The van der Waals surface area contributed by atoms with Crippen molar-refractivity contribution in [3.8, 4) is 5.75 Å². The number of hydrogen-bond donors (Lipinski definition) is 4. The topological polar surface area (TPSA) is 126 Å². The Labute approximate surface area is 272 Å². The summed E-state index contributed by atoms with van der Waals surface area (Å²) in [4.78, 5) is 14.0. The fraction of sp³-hybridized carbons (Fsp3) is 0.594. The summed E-state index contributed by atoms with van der Waals surface area (Å²) in [6.07, 6.45) is 8.24. The normalized spacial score (nSPS) is 20.3. The Balaban J connectivity index is 1.30. The molecule has 2 amide bonds. The zero-order valence-electron chi connectivity index (χ0n) is 25.8. The smallest absolute Gasteiger partial charge is 0.314 e. The fourth-order valence-corrected chi connectivity index (χ4v) is 7.90. The van der Waals surface area contributed by atoms with Crippen LogP contribution in [-0.4, -0.2) is 64.2 Å². The van der Waals surface area contributed by atoms with Gasteiger partial charge in [-0.1, -0.05) is 48.9 Å². The molecule has 0 spiro atoms. The van der Waals surface area contributed by atoms with E-state index in [1.807, 2.05) is 19.9 Å². The highest BCUT2D eigenvalue weighted by atomic mass is 35.5. The molecular formula is C32H47Cl2N5O4S. The third-order valence-electron chi connectivity index (χ3n) is 8.45. The lowest BCUT2D eigenvalue weighted by Crippen LogP contribution is -2.49. The minimum Gasteiger partial charge on any atom is -0.484 e. The quantitative estimate of drug-likeness (QED) is 0.180. The number of ether oxygens (including phenoxy) is 1. The van der Waals surface area contributed by atoms with Gasteiger partial charge in [-0.05, 0) is 94.0 Å². The van der Waals surface area contributed by atoms with Crippen LogP contribution in [0.25, 0.3) is 0 Å². The van der Waals surface area contributed by atoms with Crippen molar-refractivity contribution in [1.82, 2.24) is 20.3 Å². The predicted molar refractivity (Wildman–Crippen MR) is 177 cm³/mol. The summed E-state index contributed by atoms with van der Waals surface area (Å²) >= 11 is 13.0. The number of amides is 2. The second kappa shape index (κ2) is 16.5. The number of piperidine rings is 1. The molecular weight excluding hydrogens is 621 g/mol. The summed E-state index contributed by atoms with van der Waals surface area (Å²) in [5.74, 6) is 0.630. The number of hydrogen-bond acceptors (Lipinski definition) is 6. The summed E-state index contributed by atoms with van der Waals surface area (Å²) in [6.45, 7) is 7.16. The second-order valence-electron chi connectivity index (χ2n) is 11.9. The van der Waals surface area contributed by atoms with Gasteiger partial charge in [-0.2, -0.15) is 0 Å². The van der Waals surface area contributed by atoms with E-state index in [2.05, 4.69) is 20.3 Å². The van der Waals surface area contributed by atoms with Gasteiger partial charge in [-0.3, -0.25) is 4.90 Å².